The number of H-pyrrole nitrogens is 1. The monoisotopic (exact) mass is 490 g/mol. The molecule has 0 spiro atoms. The van der Waals surface area contributed by atoms with E-state index in [9.17, 15) is 23.6 Å². The van der Waals surface area contributed by atoms with Gasteiger partial charge in [0, 0.05) is 49.1 Å². The van der Waals surface area contributed by atoms with Crippen molar-refractivity contribution in [3.05, 3.63) is 52.1 Å². The number of ether oxygens (including phenoxy) is 1. The number of benzene rings is 1. The average Bonchev–Trinajstić information content (AvgIpc) is 3.29. The van der Waals surface area contributed by atoms with Crippen LogP contribution in [0.2, 0.25) is 0 Å². The molecule has 186 valence electrons. The maximum atomic E-state index is 13.8. The summed E-state index contributed by atoms with van der Waals surface area (Å²) in [5, 5.41) is 5.12. The van der Waals surface area contributed by atoms with Crippen LogP contribution in [-0.4, -0.2) is 59.4 Å². The van der Waals surface area contributed by atoms with E-state index in [1.807, 2.05) is 0 Å². The third kappa shape index (κ3) is 5.57. The number of carbonyl (C=O) groups is 4. The summed E-state index contributed by atoms with van der Waals surface area (Å²) >= 11 is 0. The maximum absolute atomic E-state index is 13.8. The maximum Gasteiger partial charge on any atom is 0.417 e. The number of nitrogens with zero attached hydrogens (tertiary/aromatic N) is 1. The SMILES string of the molecule is [2H]C([2H])([2H])C([2H])([2H])N(CCNC(=O)c1c(C)[nH]c(/C=C2\C(=O)Nc3ccc(F)cc32)c1C)C(=O)OC(=O)C(C)N. The highest BCUT2D eigenvalue weighted by atomic mass is 19.1. The first-order chi connectivity index (χ1) is 18.5. The van der Waals surface area contributed by atoms with Crippen molar-refractivity contribution < 1.29 is 35.2 Å². The van der Waals surface area contributed by atoms with Crippen molar-refractivity contribution in [2.45, 2.75) is 33.7 Å². The highest BCUT2D eigenvalue weighted by molar-refractivity contribution is 6.34. The summed E-state index contributed by atoms with van der Waals surface area (Å²) in [6, 6.07) is 2.65. The molecule has 0 fully saturated rings. The largest absolute Gasteiger partial charge is 0.417 e. The molecule has 1 aliphatic rings. The first-order valence-electron chi connectivity index (χ1n) is 13.0. The van der Waals surface area contributed by atoms with Crippen molar-refractivity contribution in [3.63, 3.8) is 0 Å². The number of rotatable bonds is 7. The van der Waals surface area contributed by atoms with E-state index in [0.29, 0.717) is 28.2 Å². The zero-order chi connectivity index (χ0) is 30.2. The Morgan fingerprint density at radius 3 is 2.80 bits per heavy atom. The van der Waals surface area contributed by atoms with Gasteiger partial charge in [0.05, 0.1) is 11.1 Å². The van der Waals surface area contributed by atoms with Gasteiger partial charge in [0.1, 0.15) is 11.9 Å². The Balaban J connectivity index is 1.80. The highest BCUT2D eigenvalue weighted by Crippen LogP contribution is 2.34. The Morgan fingerprint density at radius 2 is 2.11 bits per heavy atom. The number of halogens is 1. The number of nitrogens with two attached hydrogens (primary N) is 1. The van der Waals surface area contributed by atoms with Crippen molar-refractivity contribution in [1.82, 2.24) is 15.2 Å². The first-order valence-corrected chi connectivity index (χ1v) is 10.5. The van der Waals surface area contributed by atoms with Crippen LogP contribution in [0.4, 0.5) is 14.9 Å². The summed E-state index contributed by atoms with van der Waals surface area (Å²) in [4.78, 5) is 52.9. The molecule has 0 bridgehead atoms. The van der Waals surface area contributed by atoms with Gasteiger partial charge in [-0.1, -0.05) is 0 Å². The number of esters is 1. The molecule has 3 amide bonds. The fourth-order valence-electron chi connectivity index (χ4n) is 3.50. The highest BCUT2D eigenvalue weighted by Gasteiger charge is 2.26. The number of aromatic nitrogens is 1. The van der Waals surface area contributed by atoms with Gasteiger partial charge in [-0.15, -0.1) is 0 Å². The summed E-state index contributed by atoms with van der Waals surface area (Å²) in [6.45, 7) is -3.19. The molecule has 1 aliphatic heterocycles. The fourth-order valence-corrected chi connectivity index (χ4v) is 3.50. The minimum Gasteiger partial charge on any atom is -0.375 e. The van der Waals surface area contributed by atoms with Crippen LogP contribution in [-0.2, 0) is 14.3 Å². The summed E-state index contributed by atoms with van der Waals surface area (Å²) in [5.41, 5.74) is 7.79. The second-order valence-corrected chi connectivity index (χ2v) is 7.86. The predicted octanol–water partition coefficient (Wildman–Crippen LogP) is 2.33. The van der Waals surface area contributed by atoms with Gasteiger partial charge in [-0.3, -0.25) is 9.59 Å². The number of aromatic amines is 1. The molecular weight excluding hydrogens is 457 g/mol. The van der Waals surface area contributed by atoms with Crippen molar-refractivity contribution in [1.29, 1.82) is 0 Å². The molecule has 0 saturated heterocycles. The van der Waals surface area contributed by atoms with Crippen LogP contribution in [0.5, 0.6) is 0 Å². The second kappa shape index (κ2) is 10.5. The molecule has 1 aromatic heterocycles. The number of fused-ring (bicyclic) bond motifs is 1. The lowest BCUT2D eigenvalue weighted by Gasteiger charge is -2.20. The Labute approximate surface area is 208 Å². The molecule has 2 aromatic rings. The van der Waals surface area contributed by atoms with E-state index < -0.39 is 62.2 Å². The normalized spacial score (nSPS) is 17.2. The van der Waals surface area contributed by atoms with E-state index in [0.717, 1.165) is 0 Å². The van der Waals surface area contributed by atoms with Crippen molar-refractivity contribution in [3.8, 4) is 0 Å². The lowest BCUT2D eigenvalue weighted by Crippen LogP contribution is -2.41. The van der Waals surface area contributed by atoms with Crippen molar-refractivity contribution in [2.24, 2.45) is 5.73 Å². The van der Waals surface area contributed by atoms with Crippen molar-refractivity contribution in [2.75, 3.05) is 24.9 Å². The van der Waals surface area contributed by atoms with Gasteiger partial charge >= 0.3 is 12.1 Å². The average molecular weight is 491 g/mol. The van der Waals surface area contributed by atoms with Crippen LogP contribution in [0.25, 0.3) is 11.6 Å². The summed E-state index contributed by atoms with van der Waals surface area (Å²) in [6.07, 6.45) is -0.0928. The molecule has 35 heavy (non-hydrogen) atoms. The van der Waals surface area contributed by atoms with Crippen LogP contribution in [0.1, 0.15) is 53.5 Å². The van der Waals surface area contributed by atoms with E-state index in [-0.39, 0.29) is 16.0 Å². The van der Waals surface area contributed by atoms with Gasteiger partial charge in [0.25, 0.3) is 11.8 Å². The zero-order valence-electron chi connectivity index (χ0n) is 24.2. The molecule has 3 rings (SSSR count). The molecule has 1 unspecified atom stereocenters. The molecule has 5 N–H and O–H groups in total. The van der Waals surface area contributed by atoms with Crippen LogP contribution in [0.3, 0.4) is 0 Å². The number of nitrogens with one attached hydrogen (secondary N) is 3. The minimum absolute atomic E-state index is 0.183. The molecule has 10 nitrogen and oxygen atoms in total. The Bertz CT molecular complexity index is 1400. The Kier molecular flexibility index (Phi) is 5.81. The molecular formula is C24H28FN5O5. The number of hydrogen-bond donors (Lipinski definition) is 4. The third-order valence-electron chi connectivity index (χ3n) is 5.29. The lowest BCUT2D eigenvalue weighted by atomic mass is 10.0. The topological polar surface area (TPSA) is 147 Å². The molecule has 0 aliphatic carbocycles. The van der Waals surface area contributed by atoms with E-state index in [4.69, 9.17) is 12.6 Å². The Hall–Kier alpha value is -3.99. The Morgan fingerprint density at radius 1 is 1.37 bits per heavy atom. The predicted molar refractivity (Wildman–Crippen MR) is 128 cm³/mol. The van der Waals surface area contributed by atoms with Crippen LogP contribution in [0.15, 0.2) is 18.2 Å². The quantitative estimate of drug-likeness (QED) is 0.266. The van der Waals surface area contributed by atoms with E-state index in [2.05, 4.69) is 20.4 Å². The molecule has 1 aromatic carbocycles. The molecule has 0 saturated carbocycles. The minimum atomic E-state index is -3.31. The van der Waals surface area contributed by atoms with Crippen LogP contribution < -0.4 is 16.4 Å². The standard InChI is InChI=1S/C24H28FN5O5/c1-5-30(24(34)35-23(33)13(3)26)9-8-27-22(32)20-12(2)19(28-14(20)4)11-17-16-10-15(25)6-7-18(16)29-21(17)31/h6-7,10-11,13,28H,5,8-9,26H2,1-4H3,(H,27,32)(H,29,31)/b17-11-/i1D3,5D2. The van der Waals surface area contributed by atoms with Crippen LogP contribution >= 0.6 is 0 Å². The van der Waals surface area contributed by atoms with Gasteiger partial charge in [0.2, 0.25) is 0 Å². The number of hydrogen-bond acceptors (Lipinski definition) is 6. The molecule has 0 radical (unpaired) electrons. The van der Waals surface area contributed by atoms with Gasteiger partial charge in [-0.05, 0) is 57.5 Å². The molecule has 2 heterocycles. The number of anilines is 1. The fraction of sp³-hybridized carbons (Fsp3) is 0.333. The first kappa shape index (κ1) is 19.3. The summed E-state index contributed by atoms with van der Waals surface area (Å²) < 4.78 is 56.5. The van der Waals surface area contributed by atoms with Gasteiger partial charge in [0.15, 0.2) is 0 Å². The molecule has 11 heteroatoms. The molecule has 1 atom stereocenters. The number of likely N-dealkylation sites (N-methyl/N-ethyl adjacent to an activating group) is 1. The second-order valence-electron chi connectivity index (χ2n) is 7.86. The summed E-state index contributed by atoms with van der Waals surface area (Å²) in [5.74, 6) is -2.81. The van der Waals surface area contributed by atoms with E-state index in [1.165, 1.54) is 31.2 Å². The smallest absolute Gasteiger partial charge is 0.375 e. The van der Waals surface area contributed by atoms with Gasteiger partial charge in [-0.2, -0.15) is 0 Å². The van der Waals surface area contributed by atoms with Gasteiger partial charge < -0.3 is 31.0 Å². The van der Waals surface area contributed by atoms with Gasteiger partial charge in [-0.25, -0.2) is 14.0 Å². The zero-order valence-corrected chi connectivity index (χ0v) is 19.2. The van der Waals surface area contributed by atoms with E-state index >= 15 is 0 Å². The number of amides is 3. The summed E-state index contributed by atoms with van der Waals surface area (Å²) in [7, 11) is 0. The number of carbonyl (C=O) groups excluding carboxylic acids is 4. The van der Waals surface area contributed by atoms with Crippen molar-refractivity contribution >= 4 is 41.2 Å². The number of aryl methyl sites for hydroxylation is 1. The van der Waals surface area contributed by atoms with Crippen LogP contribution in [0, 0.1) is 19.7 Å². The lowest BCUT2D eigenvalue weighted by molar-refractivity contribution is -0.139. The van der Waals surface area contributed by atoms with E-state index in [1.54, 1.807) is 13.8 Å². The third-order valence-corrected chi connectivity index (χ3v) is 5.29.